The summed E-state index contributed by atoms with van der Waals surface area (Å²) in [7, 11) is 0. The summed E-state index contributed by atoms with van der Waals surface area (Å²) in [5.74, 6) is -1.10. The van der Waals surface area contributed by atoms with Gasteiger partial charge in [-0.1, -0.05) is 87.4 Å². The van der Waals surface area contributed by atoms with Crippen LogP contribution < -0.4 is 0 Å². The van der Waals surface area contributed by atoms with Crippen molar-refractivity contribution in [3.05, 3.63) is 117 Å². The molecular weight excluding hydrogens is 574 g/mol. The number of nitrogens with zero attached hydrogens (tertiary/aromatic N) is 4. The molecule has 0 fully saturated rings. The van der Waals surface area contributed by atoms with Crippen molar-refractivity contribution in [3.8, 4) is 0 Å². The van der Waals surface area contributed by atoms with Gasteiger partial charge in [0.1, 0.15) is 11.6 Å². The van der Waals surface area contributed by atoms with E-state index in [1.807, 2.05) is 60.9 Å². The monoisotopic (exact) mass is 624 g/mol. The molecular formula is C40H50F2N4. The lowest BCUT2D eigenvalue weighted by atomic mass is 9.70. The van der Waals surface area contributed by atoms with Crippen molar-refractivity contribution in [2.45, 2.75) is 129 Å². The summed E-state index contributed by atoms with van der Waals surface area (Å²) >= 11 is 0. The molecule has 8 bridgehead atoms. The fourth-order valence-corrected chi connectivity index (χ4v) is 6.50. The van der Waals surface area contributed by atoms with E-state index in [0.29, 0.717) is 22.5 Å². The van der Waals surface area contributed by atoms with E-state index in [-0.39, 0.29) is 11.0 Å². The number of fused-ring (bicyclic) bond motifs is 8. The van der Waals surface area contributed by atoms with Gasteiger partial charge in [-0.25, -0.2) is 8.78 Å². The average molecular weight is 625 g/mol. The summed E-state index contributed by atoms with van der Waals surface area (Å²) in [6, 6.07) is 8.48. The number of aromatic nitrogens is 4. The lowest BCUT2D eigenvalue weighted by Gasteiger charge is -2.36. The Hall–Kier alpha value is -3.54. The molecule has 0 amide bonds. The molecule has 3 heterocycles. The van der Waals surface area contributed by atoms with E-state index in [2.05, 4.69) is 76.6 Å². The van der Waals surface area contributed by atoms with Gasteiger partial charge in [0.05, 0.1) is 22.8 Å². The van der Waals surface area contributed by atoms with E-state index in [0.717, 1.165) is 22.5 Å². The second-order valence-electron chi connectivity index (χ2n) is 17.4. The van der Waals surface area contributed by atoms with Crippen LogP contribution in [0.2, 0.25) is 0 Å². The van der Waals surface area contributed by atoms with E-state index in [1.54, 1.807) is 18.5 Å². The van der Waals surface area contributed by atoms with Crippen LogP contribution in [0.1, 0.15) is 153 Å². The first-order valence-electron chi connectivity index (χ1n) is 16.3. The smallest absolute Gasteiger partial charge is 0.134 e. The van der Waals surface area contributed by atoms with Gasteiger partial charge in [0.25, 0.3) is 0 Å². The summed E-state index contributed by atoms with van der Waals surface area (Å²) in [5.41, 5.74) is 3.13. The highest BCUT2D eigenvalue weighted by Gasteiger charge is 2.41. The molecule has 0 radical (unpaired) electrons. The van der Waals surface area contributed by atoms with Crippen molar-refractivity contribution in [1.82, 2.24) is 19.9 Å². The highest BCUT2D eigenvalue weighted by molar-refractivity contribution is 5.50. The van der Waals surface area contributed by atoms with Gasteiger partial charge >= 0.3 is 0 Å². The summed E-state index contributed by atoms with van der Waals surface area (Å²) in [4.78, 5) is 19.8. The first-order valence-corrected chi connectivity index (χ1v) is 16.3. The number of rotatable bonds is 0. The normalized spacial score (nSPS) is 18.3. The Labute approximate surface area is 274 Å². The number of halogens is 2. The standard InChI is InChI=1S/C40H50F2N4/c1-35(2,3)23-15-24-17-25(16-23)38(9,10)29-20-44-22-31(46-29)40(13,14)27-18-26(33(41)32(34(27)42)36(4,5)6)39(11,12)30-21-43-19-28(45-30)37(24,7)8/h15-22H,1-14H3. The molecule has 2 aromatic carbocycles. The summed E-state index contributed by atoms with van der Waals surface area (Å²) in [6.07, 6.45) is 7.04. The molecule has 4 nitrogen and oxygen atoms in total. The fraction of sp³-hybridized carbons (Fsp3) is 0.500. The van der Waals surface area contributed by atoms with Crippen LogP contribution in [0.25, 0.3) is 0 Å². The Balaban J connectivity index is 1.97. The highest BCUT2D eigenvalue weighted by atomic mass is 19.1. The van der Waals surface area contributed by atoms with E-state index < -0.39 is 38.7 Å². The minimum Gasteiger partial charge on any atom is -0.261 e. The van der Waals surface area contributed by atoms with Gasteiger partial charge in [-0.3, -0.25) is 19.9 Å². The van der Waals surface area contributed by atoms with Gasteiger partial charge in [0.15, 0.2) is 0 Å². The third-order valence-corrected chi connectivity index (χ3v) is 10.4. The van der Waals surface area contributed by atoms with Crippen molar-refractivity contribution in [1.29, 1.82) is 0 Å². The molecule has 0 saturated heterocycles. The van der Waals surface area contributed by atoms with Crippen LogP contribution in [0.5, 0.6) is 0 Å². The molecule has 0 saturated carbocycles. The molecule has 0 spiro atoms. The van der Waals surface area contributed by atoms with Crippen LogP contribution in [0.4, 0.5) is 8.78 Å². The van der Waals surface area contributed by atoms with Crippen LogP contribution in [-0.4, -0.2) is 19.9 Å². The molecule has 1 aliphatic heterocycles. The zero-order valence-corrected chi connectivity index (χ0v) is 30.2. The maximum Gasteiger partial charge on any atom is 0.134 e. The van der Waals surface area contributed by atoms with E-state index in [1.165, 1.54) is 5.56 Å². The largest absolute Gasteiger partial charge is 0.261 e. The van der Waals surface area contributed by atoms with Crippen LogP contribution in [0.15, 0.2) is 49.1 Å². The Morgan fingerprint density at radius 2 is 0.826 bits per heavy atom. The van der Waals surface area contributed by atoms with Crippen molar-refractivity contribution >= 4 is 0 Å². The maximum absolute atomic E-state index is 16.8. The van der Waals surface area contributed by atoms with Crippen molar-refractivity contribution in [3.63, 3.8) is 0 Å². The first-order chi connectivity index (χ1) is 20.9. The van der Waals surface area contributed by atoms with Crippen LogP contribution in [0.3, 0.4) is 0 Å². The molecule has 0 N–H and O–H groups in total. The van der Waals surface area contributed by atoms with Crippen LogP contribution in [0, 0.1) is 11.6 Å². The maximum atomic E-state index is 16.8. The zero-order chi connectivity index (χ0) is 34.4. The fourth-order valence-electron chi connectivity index (χ4n) is 6.50. The number of hydrogen-bond acceptors (Lipinski definition) is 4. The van der Waals surface area contributed by atoms with Crippen LogP contribution >= 0.6 is 0 Å². The van der Waals surface area contributed by atoms with E-state index in [4.69, 9.17) is 9.97 Å². The highest BCUT2D eigenvalue weighted by Crippen LogP contribution is 2.45. The molecule has 4 aromatic rings. The Kier molecular flexibility index (Phi) is 7.71. The van der Waals surface area contributed by atoms with Gasteiger partial charge in [-0.15, -0.1) is 0 Å². The van der Waals surface area contributed by atoms with Gasteiger partial charge in [-0.2, -0.15) is 0 Å². The molecule has 6 heteroatoms. The minimum absolute atomic E-state index is 0.0563. The van der Waals surface area contributed by atoms with Crippen LogP contribution in [-0.2, 0) is 32.5 Å². The molecule has 2 aromatic heterocycles. The van der Waals surface area contributed by atoms with Gasteiger partial charge in [0.2, 0.25) is 0 Å². The minimum atomic E-state index is -0.938. The Bertz CT molecular complexity index is 1720. The van der Waals surface area contributed by atoms with Crippen molar-refractivity contribution < 1.29 is 8.78 Å². The second kappa shape index (κ2) is 10.5. The summed E-state index contributed by atoms with van der Waals surface area (Å²) in [5, 5.41) is 0. The quantitative estimate of drug-likeness (QED) is 0.195. The SMILES string of the molecule is CC(C)(C)c1cc2cc(c1)C(C)(C)c1cncc(n1)C(C)(C)c1cc(c(F)c(C(C)(C)C)c1F)C(C)(C)c1cncc(n1)C2(C)C. The van der Waals surface area contributed by atoms with E-state index >= 15 is 8.78 Å². The molecule has 5 rings (SSSR count). The molecule has 0 atom stereocenters. The van der Waals surface area contributed by atoms with E-state index in [9.17, 15) is 0 Å². The number of benzene rings is 2. The van der Waals surface area contributed by atoms with Gasteiger partial charge in [-0.05, 0) is 61.3 Å². The molecule has 46 heavy (non-hydrogen) atoms. The Morgan fingerprint density at radius 1 is 0.478 bits per heavy atom. The molecule has 0 aliphatic carbocycles. The first kappa shape index (κ1) is 33.8. The van der Waals surface area contributed by atoms with Crippen molar-refractivity contribution in [2.24, 2.45) is 0 Å². The molecule has 1 aliphatic rings. The second-order valence-corrected chi connectivity index (χ2v) is 17.4. The predicted molar refractivity (Wildman–Crippen MR) is 183 cm³/mol. The third kappa shape index (κ3) is 5.36. The zero-order valence-electron chi connectivity index (χ0n) is 30.2. The molecule has 0 unspecified atom stereocenters. The van der Waals surface area contributed by atoms with Gasteiger partial charge in [0, 0.05) is 63.1 Å². The number of hydrogen-bond donors (Lipinski definition) is 0. The Morgan fingerprint density at radius 3 is 1.15 bits per heavy atom. The third-order valence-electron chi connectivity index (χ3n) is 10.4. The molecule has 244 valence electrons. The lowest BCUT2D eigenvalue weighted by molar-refractivity contribution is 0.435. The summed E-state index contributed by atoms with van der Waals surface area (Å²) < 4.78 is 33.6. The van der Waals surface area contributed by atoms with Gasteiger partial charge < -0.3 is 0 Å². The predicted octanol–water partition coefficient (Wildman–Crippen LogP) is 9.76. The summed E-state index contributed by atoms with van der Waals surface area (Å²) in [6.45, 7) is 28.6. The lowest BCUT2D eigenvalue weighted by Crippen LogP contribution is -2.33. The average Bonchev–Trinajstić information content (AvgIpc) is 2.95. The van der Waals surface area contributed by atoms with Crippen molar-refractivity contribution in [2.75, 3.05) is 0 Å². The topological polar surface area (TPSA) is 51.6 Å².